The van der Waals surface area contributed by atoms with Crippen LogP contribution in [-0.2, 0) is 14.3 Å². The first-order chi connectivity index (χ1) is 21.1. The predicted molar refractivity (Wildman–Crippen MR) is 149 cm³/mol. The van der Waals surface area contributed by atoms with Crippen molar-refractivity contribution in [2.45, 2.75) is 36.8 Å². The lowest BCUT2D eigenvalue weighted by Gasteiger charge is -2.37. The van der Waals surface area contributed by atoms with Crippen LogP contribution in [0.25, 0.3) is 11.1 Å². The summed E-state index contributed by atoms with van der Waals surface area (Å²) in [7, 11) is 0. The Bertz CT molecular complexity index is 1530. The molecule has 7 N–H and O–H groups in total. The number of halogens is 1. The van der Waals surface area contributed by atoms with Crippen LogP contribution in [0.3, 0.4) is 0 Å². The fraction of sp³-hybridized carbons (Fsp3) is 0.310. The summed E-state index contributed by atoms with van der Waals surface area (Å²) in [6, 6.07) is 18.6. The van der Waals surface area contributed by atoms with Crippen molar-refractivity contribution in [1.29, 1.82) is 0 Å². The molecule has 41 heavy (non-hydrogen) atoms. The molecule has 1 saturated heterocycles. The molecule has 12 heteroatoms. The number of carbonyl (C=O) groups excluding carboxylic acids is 1. The number of benzene rings is 3. The van der Waals surface area contributed by atoms with E-state index in [0.717, 1.165) is 0 Å². The summed E-state index contributed by atoms with van der Waals surface area (Å²) >= 11 is 5.94. The third-order valence-corrected chi connectivity index (χ3v) is 6.45. The highest BCUT2D eigenvalue weighted by Gasteiger charge is 2.48. The second-order valence-electron chi connectivity index (χ2n) is 9.13. The van der Waals surface area contributed by atoms with Gasteiger partial charge in [0, 0.05) is 33.0 Å². The molecule has 0 aromatic heterocycles. The molecule has 0 radical (unpaired) electrons. The quantitative estimate of drug-likeness (QED) is 0.162. The standard InChI is InChI=1S/C29H31ClN2O9/c30-20-8-2-6-18(13-20)22(33)15-31-10-11-32-21-9-3-5-17(14-21)16-4-1-7-19(12-16)28(39)41-29-25(36)23(34)24(35)26(40-29)27(37)38/h1-9,12-14,22-26,29,31-36H,10-11,15H2,(H,37,38)/t22-,23-,24-,25+,26-,29?/m0/s1/i10D2,11D2. The minimum atomic E-state index is -2.67. The molecule has 1 fully saturated rings. The lowest BCUT2D eigenvalue weighted by Crippen LogP contribution is -2.60. The molecule has 1 unspecified atom stereocenters. The number of aliphatic hydroxyl groups excluding tert-OH is 4. The van der Waals surface area contributed by atoms with E-state index in [1.165, 1.54) is 36.4 Å². The van der Waals surface area contributed by atoms with Gasteiger partial charge in [-0.2, -0.15) is 0 Å². The van der Waals surface area contributed by atoms with Crippen LogP contribution in [0.15, 0.2) is 72.8 Å². The molecule has 1 aliphatic rings. The molecular formula is C29H31ClN2O9. The number of ether oxygens (including phenoxy) is 2. The SMILES string of the molecule is [2H]C([2H])(NC[C@H](O)c1cccc(Cl)c1)C([2H])([2H])Nc1cccc(-c2cccc(C(=O)OC3O[C@H](C(=O)O)[C@@H](O)[C@H](O)[C@H]3O)c2)c1. The Morgan fingerprint density at radius 1 is 0.951 bits per heavy atom. The molecule has 0 amide bonds. The van der Waals surface area contributed by atoms with Crippen molar-refractivity contribution in [3.05, 3.63) is 88.9 Å². The molecular weight excluding hydrogens is 556 g/mol. The van der Waals surface area contributed by atoms with Crippen LogP contribution in [0.1, 0.15) is 27.5 Å². The molecule has 0 aliphatic carbocycles. The number of rotatable bonds is 11. The average molecular weight is 591 g/mol. The van der Waals surface area contributed by atoms with E-state index >= 15 is 0 Å². The third-order valence-electron chi connectivity index (χ3n) is 6.22. The molecule has 3 aromatic carbocycles. The van der Waals surface area contributed by atoms with Gasteiger partial charge >= 0.3 is 11.9 Å². The zero-order chi connectivity index (χ0) is 33.1. The maximum absolute atomic E-state index is 12.8. The minimum absolute atomic E-state index is 0.0386. The predicted octanol–water partition coefficient (Wildman–Crippen LogP) is 1.79. The zero-order valence-corrected chi connectivity index (χ0v) is 22.1. The van der Waals surface area contributed by atoms with Gasteiger partial charge in [0.2, 0.25) is 6.29 Å². The molecule has 1 aliphatic heterocycles. The number of hydrogen-bond donors (Lipinski definition) is 7. The molecule has 0 spiro atoms. The van der Waals surface area contributed by atoms with Crippen LogP contribution in [-0.4, -0.2) is 87.7 Å². The van der Waals surface area contributed by atoms with Gasteiger partial charge in [-0.1, -0.05) is 48.0 Å². The van der Waals surface area contributed by atoms with Crippen molar-refractivity contribution in [3.8, 4) is 11.1 Å². The van der Waals surface area contributed by atoms with Gasteiger partial charge in [0.1, 0.15) is 18.3 Å². The van der Waals surface area contributed by atoms with E-state index in [2.05, 4.69) is 10.6 Å². The van der Waals surface area contributed by atoms with E-state index in [1.807, 2.05) is 0 Å². The lowest BCUT2D eigenvalue weighted by atomic mass is 9.99. The molecule has 3 aromatic rings. The normalized spacial score (nSPS) is 25.1. The number of carbonyl (C=O) groups is 2. The van der Waals surface area contributed by atoms with Gasteiger partial charge in [-0.3, -0.25) is 0 Å². The molecule has 218 valence electrons. The first-order valence-electron chi connectivity index (χ1n) is 14.4. The first-order valence-corrected chi connectivity index (χ1v) is 12.8. The van der Waals surface area contributed by atoms with E-state index in [4.69, 9.17) is 26.6 Å². The van der Waals surface area contributed by atoms with Gasteiger partial charge in [-0.25, -0.2) is 9.59 Å². The number of anilines is 1. The number of esters is 1. The van der Waals surface area contributed by atoms with E-state index in [1.54, 1.807) is 36.4 Å². The van der Waals surface area contributed by atoms with Gasteiger partial charge in [-0.15, -0.1) is 0 Å². The van der Waals surface area contributed by atoms with Crippen molar-refractivity contribution >= 4 is 29.2 Å². The monoisotopic (exact) mass is 590 g/mol. The Morgan fingerprint density at radius 2 is 1.66 bits per heavy atom. The van der Waals surface area contributed by atoms with Gasteiger partial charge in [0.15, 0.2) is 6.10 Å². The summed E-state index contributed by atoms with van der Waals surface area (Å²) < 4.78 is 43.4. The van der Waals surface area contributed by atoms with Crippen LogP contribution in [0, 0.1) is 0 Å². The fourth-order valence-electron chi connectivity index (χ4n) is 4.05. The first kappa shape index (κ1) is 25.2. The Hall–Kier alpha value is -3.55. The highest BCUT2D eigenvalue weighted by Crippen LogP contribution is 2.26. The number of hydrogen-bond acceptors (Lipinski definition) is 10. The second-order valence-corrected chi connectivity index (χ2v) is 9.57. The highest BCUT2D eigenvalue weighted by molar-refractivity contribution is 6.30. The summed E-state index contributed by atoms with van der Waals surface area (Å²) in [6.45, 7) is -5.63. The Kier molecular flexibility index (Phi) is 8.52. The summed E-state index contributed by atoms with van der Waals surface area (Å²) in [5.41, 5.74) is 1.54. The minimum Gasteiger partial charge on any atom is -0.479 e. The molecule has 4 rings (SSSR count). The van der Waals surface area contributed by atoms with Crippen LogP contribution in [0.5, 0.6) is 0 Å². The van der Waals surface area contributed by atoms with E-state index in [0.29, 0.717) is 21.7 Å². The average Bonchev–Trinajstić information content (AvgIpc) is 2.99. The highest BCUT2D eigenvalue weighted by atomic mass is 35.5. The van der Waals surface area contributed by atoms with Crippen molar-refractivity contribution < 1.29 is 50.1 Å². The fourth-order valence-corrected chi connectivity index (χ4v) is 4.25. The van der Waals surface area contributed by atoms with Crippen LogP contribution in [0.2, 0.25) is 5.02 Å². The maximum Gasteiger partial charge on any atom is 0.340 e. The third kappa shape index (κ3) is 7.80. The maximum atomic E-state index is 12.8. The molecule has 0 saturated carbocycles. The van der Waals surface area contributed by atoms with Gasteiger partial charge < -0.3 is 45.6 Å². The molecule has 1 heterocycles. The molecule has 11 nitrogen and oxygen atoms in total. The van der Waals surface area contributed by atoms with Gasteiger partial charge in [0.25, 0.3) is 0 Å². The second kappa shape index (κ2) is 13.9. The Balaban J connectivity index is 1.45. The summed E-state index contributed by atoms with van der Waals surface area (Å²) in [6.07, 6.45) is -10.8. The number of aliphatic carboxylic acids is 1. The van der Waals surface area contributed by atoms with E-state index in [9.17, 15) is 35.1 Å². The topological polar surface area (TPSA) is 178 Å². The Labute approximate surface area is 246 Å². The van der Waals surface area contributed by atoms with Crippen LogP contribution < -0.4 is 10.6 Å². The number of aliphatic hydroxyl groups is 4. The molecule has 0 bridgehead atoms. The number of carboxylic acid groups (broad SMARTS) is 1. The largest absolute Gasteiger partial charge is 0.479 e. The zero-order valence-electron chi connectivity index (χ0n) is 25.3. The summed E-state index contributed by atoms with van der Waals surface area (Å²) in [5, 5.41) is 54.9. The van der Waals surface area contributed by atoms with Gasteiger partial charge in [-0.05, 0) is 53.1 Å². The van der Waals surface area contributed by atoms with Crippen molar-refractivity contribution in [3.63, 3.8) is 0 Å². The van der Waals surface area contributed by atoms with Crippen molar-refractivity contribution in [2.24, 2.45) is 0 Å². The number of carboxylic acids is 1. The molecule has 6 atom stereocenters. The van der Waals surface area contributed by atoms with Crippen molar-refractivity contribution in [2.75, 3.05) is 24.9 Å². The lowest BCUT2D eigenvalue weighted by molar-refractivity contribution is -0.278. The van der Waals surface area contributed by atoms with Crippen molar-refractivity contribution in [1.82, 2.24) is 5.32 Å². The number of nitrogens with one attached hydrogen (secondary N) is 2. The summed E-state index contributed by atoms with van der Waals surface area (Å²) in [5.74, 6) is -2.66. The van der Waals surface area contributed by atoms with Crippen LogP contribution in [0.4, 0.5) is 5.69 Å². The Morgan fingerprint density at radius 3 is 2.39 bits per heavy atom. The summed E-state index contributed by atoms with van der Waals surface area (Å²) in [4.78, 5) is 24.2. The van der Waals surface area contributed by atoms with E-state index < -0.39 is 61.7 Å². The smallest absolute Gasteiger partial charge is 0.340 e. The van der Waals surface area contributed by atoms with E-state index in [-0.39, 0.29) is 17.8 Å². The van der Waals surface area contributed by atoms with Crippen LogP contribution >= 0.6 is 11.6 Å². The van der Waals surface area contributed by atoms with Gasteiger partial charge in [0.05, 0.1) is 14.4 Å².